The zero-order chi connectivity index (χ0) is 24.2. The number of ether oxygens (including phenoxy) is 1. The smallest absolute Gasteiger partial charge is 0.309 e. The van der Waals surface area contributed by atoms with Crippen LogP contribution in [0.1, 0.15) is 42.3 Å². The Labute approximate surface area is 194 Å². The molecule has 0 bridgehead atoms. The monoisotopic (exact) mass is 477 g/mol. The van der Waals surface area contributed by atoms with Crippen LogP contribution in [-0.4, -0.2) is 61.4 Å². The summed E-state index contributed by atoms with van der Waals surface area (Å²) in [5.74, 6) is -0.960. The minimum atomic E-state index is -3.74. The van der Waals surface area contributed by atoms with Gasteiger partial charge in [-0.15, -0.1) is 0 Å². The summed E-state index contributed by atoms with van der Waals surface area (Å²) in [6.07, 6.45) is 1.61. The molecule has 180 valence electrons. The van der Waals surface area contributed by atoms with E-state index in [4.69, 9.17) is 9.26 Å². The normalized spacial score (nSPS) is 15.4. The van der Waals surface area contributed by atoms with Crippen molar-refractivity contribution in [1.82, 2.24) is 14.4 Å². The molecule has 0 unspecified atom stereocenters. The number of nitrogens with zero attached hydrogens (tertiary/aromatic N) is 3. The van der Waals surface area contributed by atoms with Gasteiger partial charge in [-0.1, -0.05) is 36.3 Å². The van der Waals surface area contributed by atoms with Crippen molar-refractivity contribution in [3.8, 4) is 0 Å². The first kappa shape index (κ1) is 24.9. The highest BCUT2D eigenvalue weighted by Crippen LogP contribution is 2.28. The van der Waals surface area contributed by atoms with Crippen LogP contribution in [0, 0.1) is 19.8 Å². The summed E-state index contributed by atoms with van der Waals surface area (Å²) in [5.41, 5.74) is 2.55. The Hall–Kier alpha value is -2.72. The van der Waals surface area contributed by atoms with Crippen LogP contribution in [0.3, 0.4) is 0 Å². The molecule has 1 amide bonds. The van der Waals surface area contributed by atoms with Crippen LogP contribution in [0.4, 0.5) is 0 Å². The molecule has 0 N–H and O–H groups in total. The molecule has 0 atom stereocenters. The number of hydrogen-bond acceptors (Lipinski definition) is 7. The maximum atomic E-state index is 12.9. The number of benzene rings is 1. The van der Waals surface area contributed by atoms with E-state index >= 15 is 0 Å². The van der Waals surface area contributed by atoms with Crippen LogP contribution >= 0.6 is 0 Å². The van der Waals surface area contributed by atoms with Gasteiger partial charge in [0.15, 0.2) is 12.4 Å². The number of hydrogen-bond donors (Lipinski definition) is 0. The Morgan fingerprint density at radius 2 is 1.76 bits per heavy atom. The minimum absolute atomic E-state index is 0.0847. The number of sulfonamides is 1. The van der Waals surface area contributed by atoms with Crippen molar-refractivity contribution in [2.45, 2.75) is 51.5 Å². The van der Waals surface area contributed by atoms with Gasteiger partial charge >= 0.3 is 5.97 Å². The van der Waals surface area contributed by atoms with Crippen LogP contribution in [0.5, 0.6) is 0 Å². The first-order valence-corrected chi connectivity index (χ1v) is 12.5. The summed E-state index contributed by atoms with van der Waals surface area (Å²) in [6.45, 7) is 5.70. The number of aryl methyl sites for hydroxylation is 3. The fraction of sp³-hybridized carbons (Fsp3) is 0.522. The second kappa shape index (κ2) is 10.5. The standard InChI is InChI=1S/C23H31N3O6S/c1-5-18-6-8-19(9-7-18)14-25(4)21(27)15-31-23(28)20-10-12-26(13-11-20)33(29,30)22-16(2)24-32-17(22)3/h6-9,20H,5,10-15H2,1-4H3. The molecule has 10 heteroatoms. The molecule has 3 rings (SSSR count). The molecular weight excluding hydrogens is 446 g/mol. The van der Waals surface area contributed by atoms with Crippen molar-refractivity contribution >= 4 is 21.9 Å². The lowest BCUT2D eigenvalue weighted by Crippen LogP contribution is -2.41. The molecule has 33 heavy (non-hydrogen) atoms. The van der Waals surface area contributed by atoms with Crippen molar-refractivity contribution in [2.24, 2.45) is 5.92 Å². The van der Waals surface area contributed by atoms with E-state index in [1.807, 2.05) is 24.3 Å². The molecule has 2 aromatic rings. The van der Waals surface area contributed by atoms with Crippen molar-refractivity contribution in [2.75, 3.05) is 26.7 Å². The molecule has 2 heterocycles. The van der Waals surface area contributed by atoms with E-state index in [1.54, 1.807) is 20.9 Å². The number of aromatic nitrogens is 1. The van der Waals surface area contributed by atoms with Crippen LogP contribution in [0.15, 0.2) is 33.7 Å². The van der Waals surface area contributed by atoms with Crippen molar-refractivity contribution in [3.05, 3.63) is 46.8 Å². The zero-order valence-corrected chi connectivity index (χ0v) is 20.4. The second-order valence-corrected chi connectivity index (χ2v) is 10.2. The molecule has 0 saturated carbocycles. The predicted molar refractivity (Wildman–Crippen MR) is 121 cm³/mol. The van der Waals surface area contributed by atoms with Gasteiger partial charge in [-0.2, -0.15) is 4.31 Å². The number of likely N-dealkylation sites (N-methyl/N-ethyl adjacent to an activating group) is 1. The summed E-state index contributed by atoms with van der Waals surface area (Å²) in [6, 6.07) is 8.04. The van der Waals surface area contributed by atoms with E-state index in [-0.39, 0.29) is 36.3 Å². The third-order valence-corrected chi connectivity index (χ3v) is 8.11. The number of esters is 1. The van der Waals surface area contributed by atoms with Gasteiger partial charge in [0.1, 0.15) is 10.6 Å². The number of piperidine rings is 1. The minimum Gasteiger partial charge on any atom is -0.455 e. The molecule has 0 spiro atoms. The molecule has 1 aliphatic rings. The summed E-state index contributed by atoms with van der Waals surface area (Å²) in [4.78, 5) is 26.4. The first-order valence-electron chi connectivity index (χ1n) is 11.0. The molecule has 1 aromatic heterocycles. The summed E-state index contributed by atoms with van der Waals surface area (Å²) >= 11 is 0. The molecule has 9 nitrogen and oxygen atoms in total. The van der Waals surface area contributed by atoms with E-state index in [9.17, 15) is 18.0 Å². The second-order valence-electron chi connectivity index (χ2n) is 8.36. The number of rotatable bonds is 8. The highest BCUT2D eigenvalue weighted by molar-refractivity contribution is 7.89. The van der Waals surface area contributed by atoms with Crippen molar-refractivity contribution in [1.29, 1.82) is 0 Å². The van der Waals surface area contributed by atoms with Crippen LogP contribution in [-0.2, 0) is 37.3 Å². The largest absolute Gasteiger partial charge is 0.455 e. The van der Waals surface area contributed by atoms with Crippen molar-refractivity contribution in [3.63, 3.8) is 0 Å². The Morgan fingerprint density at radius 3 is 2.30 bits per heavy atom. The third-order valence-electron chi connectivity index (χ3n) is 5.97. The Kier molecular flexibility index (Phi) is 7.91. The quantitative estimate of drug-likeness (QED) is 0.537. The van der Waals surface area contributed by atoms with Gasteiger partial charge in [-0.05, 0) is 44.2 Å². The predicted octanol–water partition coefficient (Wildman–Crippen LogP) is 2.46. The zero-order valence-electron chi connectivity index (χ0n) is 19.5. The molecule has 1 fully saturated rings. The van der Waals surface area contributed by atoms with Crippen molar-refractivity contribution < 1.29 is 27.3 Å². The SMILES string of the molecule is CCc1ccc(CN(C)C(=O)COC(=O)C2CCN(S(=O)(=O)c3c(C)noc3C)CC2)cc1. The Bertz CT molecular complexity index is 1070. The Balaban J connectivity index is 1.47. The highest BCUT2D eigenvalue weighted by atomic mass is 32.2. The van der Waals surface area contributed by atoms with Gasteiger partial charge < -0.3 is 14.2 Å². The topological polar surface area (TPSA) is 110 Å². The lowest BCUT2D eigenvalue weighted by atomic mass is 9.98. The van der Waals surface area contributed by atoms with Gasteiger partial charge in [0.05, 0.1) is 5.92 Å². The Morgan fingerprint density at radius 1 is 1.15 bits per heavy atom. The molecule has 1 aliphatic heterocycles. The van der Waals surface area contributed by atoms with Crippen LogP contribution in [0.2, 0.25) is 0 Å². The third kappa shape index (κ3) is 5.80. The maximum Gasteiger partial charge on any atom is 0.309 e. The summed E-state index contributed by atoms with van der Waals surface area (Å²) in [7, 11) is -2.07. The first-order chi connectivity index (χ1) is 15.6. The molecular formula is C23H31N3O6S. The lowest BCUT2D eigenvalue weighted by molar-refractivity contribution is -0.156. The molecule has 1 saturated heterocycles. The molecule has 0 aliphatic carbocycles. The van der Waals surface area contributed by atoms with E-state index in [1.165, 1.54) is 14.8 Å². The fourth-order valence-electron chi connectivity index (χ4n) is 3.91. The van der Waals surface area contributed by atoms with Gasteiger partial charge in [-0.25, -0.2) is 8.42 Å². The highest BCUT2D eigenvalue weighted by Gasteiger charge is 2.36. The average Bonchev–Trinajstić information content (AvgIpc) is 3.16. The molecule has 0 radical (unpaired) electrons. The van der Waals surface area contributed by atoms with E-state index in [0.717, 1.165) is 12.0 Å². The van der Waals surface area contributed by atoms with E-state index in [2.05, 4.69) is 12.1 Å². The van der Waals surface area contributed by atoms with E-state index < -0.39 is 21.9 Å². The van der Waals surface area contributed by atoms with Gasteiger partial charge in [0, 0.05) is 26.7 Å². The lowest BCUT2D eigenvalue weighted by Gasteiger charge is -2.30. The molecule has 1 aromatic carbocycles. The number of amides is 1. The summed E-state index contributed by atoms with van der Waals surface area (Å²) in [5, 5.41) is 3.72. The van der Waals surface area contributed by atoms with Crippen LogP contribution in [0.25, 0.3) is 0 Å². The number of carbonyl (C=O) groups excluding carboxylic acids is 2. The summed E-state index contributed by atoms with van der Waals surface area (Å²) < 4.78 is 37.4. The van der Waals surface area contributed by atoms with Gasteiger partial charge in [-0.3, -0.25) is 9.59 Å². The maximum absolute atomic E-state index is 12.9. The fourth-order valence-corrected chi connectivity index (χ4v) is 5.67. The van der Waals surface area contributed by atoms with Gasteiger partial charge in [0.25, 0.3) is 5.91 Å². The number of carbonyl (C=O) groups is 2. The average molecular weight is 478 g/mol. The van der Waals surface area contributed by atoms with Gasteiger partial charge in [0.2, 0.25) is 10.0 Å². The van der Waals surface area contributed by atoms with E-state index in [0.29, 0.717) is 25.1 Å². The van der Waals surface area contributed by atoms with Crippen LogP contribution < -0.4 is 0 Å².